The first-order valence-corrected chi connectivity index (χ1v) is 10.5. The number of nitrogens with one attached hydrogen (secondary N) is 2. The Morgan fingerprint density at radius 2 is 2.07 bits per heavy atom. The fourth-order valence-electron chi connectivity index (χ4n) is 4.60. The highest BCUT2D eigenvalue weighted by Gasteiger charge is 2.52. The minimum atomic E-state index is -0.828. The van der Waals surface area contributed by atoms with Crippen LogP contribution in [0.25, 0.3) is 0 Å². The van der Waals surface area contributed by atoms with Crippen molar-refractivity contribution in [3.05, 3.63) is 11.7 Å². The summed E-state index contributed by atoms with van der Waals surface area (Å²) in [5.41, 5.74) is 1.67. The molecule has 0 aromatic carbocycles. The first-order valence-electron chi connectivity index (χ1n) is 10.5. The van der Waals surface area contributed by atoms with Crippen LogP contribution >= 0.6 is 0 Å². The zero-order chi connectivity index (χ0) is 20.4. The smallest absolute Gasteiger partial charge is 0.339 e. The molecule has 2 aliphatic heterocycles. The lowest BCUT2D eigenvalue weighted by molar-refractivity contribution is -0.140. The number of nitrogens with zero attached hydrogens (tertiary/aromatic N) is 4. The Balaban J connectivity index is 1.27. The van der Waals surface area contributed by atoms with Gasteiger partial charge in [0.05, 0.1) is 5.92 Å². The van der Waals surface area contributed by atoms with Gasteiger partial charge in [0.1, 0.15) is 5.54 Å². The van der Waals surface area contributed by atoms with E-state index in [4.69, 9.17) is 4.52 Å². The molecule has 4 amide bonds. The third-order valence-electron chi connectivity index (χ3n) is 6.16. The molecule has 1 unspecified atom stereocenters. The zero-order valence-electron chi connectivity index (χ0n) is 16.8. The van der Waals surface area contributed by atoms with Crippen LogP contribution < -0.4 is 10.7 Å². The van der Waals surface area contributed by atoms with Crippen molar-refractivity contribution in [2.45, 2.75) is 69.7 Å². The summed E-state index contributed by atoms with van der Waals surface area (Å²) in [6.45, 7) is 3.99. The number of urea groups is 1. The number of rotatable bonds is 5. The van der Waals surface area contributed by atoms with Gasteiger partial charge in [-0.1, -0.05) is 24.4 Å². The van der Waals surface area contributed by atoms with Crippen LogP contribution in [0, 0.1) is 6.92 Å². The standard InChI is InChI=1S/C19H28N6O4/c1-13-20-16(29-23-13)14-6-5-10-24(12-14)11-7-15(26)22-25-17(27)19(21-18(25)28)8-3-2-4-9-19/h14H,2-12H2,1H3,(H,21,28)(H,22,26). The van der Waals surface area contributed by atoms with E-state index in [-0.39, 0.29) is 24.2 Å². The Morgan fingerprint density at radius 3 is 2.79 bits per heavy atom. The zero-order valence-corrected chi connectivity index (χ0v) is 16.8. The van der Waals surface area contributed by atoms with E-state index in [0.29, 0.717) is 31.1 Å². The van der Waals surface area contributed by atoms with Crippen molar-refractivity contribution >= 4 is 17.8 Å². The summed E-state index contributed by atoms with van der Waals surface area (Å²) < 4.78 is 5.29. The highest BCUT2D eigenvalue weighted by atomic mass is 16.5. The van der Waals surface area contributed by atoms with Crippen LogP contribution in [0.4, 0.5) is 4.79 Å². The molecule has 1 aromatic rings. The fraction of sp³-hybridized carbons (Fsp3) is 0.737. The monoisotopic (exact) mass is 404 g/mol. The summed E-state index contributed by atoms with van der Waals surface area (Å²) >= 11 is 0. The van der Waals surface area contributed by atoms with Crippen LogP contribution in [-0.4, -0.2) is 63.1 Å². The maximum absolute atomic E-state index is 12.7. The minimum absolute atomic E-state index is 0.171. The molecule has 2 N–H and O–H groups in total. The van der Waals surface area contributed by atoms with Crippen LogP contribution in [0.3, 0.4) is 0 Å². The van der Waals surface area contributed by atoms with Gasteiger partial charge in [0.25, 0.3) is 5.91 Å². The van der Waals surface area contributed by atoms with Crippen LogP contribution in [0.5, 0.6) is 0 Å². The Morgan fingerprint density at radius 1 is 1.28 bits per heavy atom. The molecule has 1 aliphatic carbocycles. The topological polar surface area (TPSA) is 121 Å². The summed E-state index contributed by atoms with van der Waals surface area (Å²) in [6.07, 6.45) is 6.32. The molecule has 4 rings (SSSR count). The number of carbonyl (C=O) groups excluding carboxylic acids is 3. The van der Waals surface area contributed by atoms with Gasteiger partial charge >= 0.3 is 6.03 Å². The highest BCUT2D eigenvalue weighted by Crippen LogP contribution is 2.33. The molecular weight excluding hydrogens is 376 g/mol. The van der Waals surface area contributed by atoms with Crippen LogP contribution in [-0.2, 0) is 9.59 Å². The summed E-state index contributed by atoms with van der Waals surface area (Å²) in [4.78, 5) is 43.9. The van der Waals surface area contributed by atoms with E-state index in [1.54, 1.807) is 6.92 Å². The average molecular weight is 404 g/mol. The number of hydrazine groups is 1. The molecule has 29 heavy (non-hydrogen) atoms. The van der Waals surface area contributed by atoms with Crippen molar-refractivity contribution in [1.29, 1.82) is 0 Å². The molecule has 1 atom stereocenters. The maximum atomic E-state index is 12.7. The molecule has 10 heteroatoms. The second-order valence-corrected chi connectivity index (χ2v) is 8.32. The van der Waals surface area contributed by atoms with Crippen LogP contribution in [0.2, 0.25) is 0 Å². The summed E-state index contributed by atoms with van der Waals surface area (Å²) in [5.74, 6) is 0.775. The fourth-order valence-corrected chi connectivity index (χ4v) is 4.60. The number of aromatic nitrogens is 2. The number of hydrogen-bond acceptors (Lipinski definition) is 7. The lowest BCUT2D eigenvalue weighted by Crippen LogP contribution is -2.51. The second-order valence-electron chi connectivity index (χ2n) is 8.32. The predicted octanol–water partition coefficient (Wildman–Crippen LogP) is 1.23. The number of hydrogen-bond donors (Lipinski definition) is 2. The average Bonchev–Trinajstić information content (AvgIpc) is 3.25. The summed E-state index contributed by atoms with van der Waals surface area (Å²) in [7, 11) is 0. The number of likely N-dealkylation sites (tertiary alicyclic amines) is 1. The summed E-state index contributed by atoms with van der Waals surface area (Å²) in [6, 6.07) is -0.532. The van der Waals surface area contributed by atoms with E-state index in [1.165, 1.54) is 0 Å². The maximum Gasteiger partial charge on any atom is 0.344 e. The van der Waals surface area contributed by atoms with Crippen LogP contribution in [0.1, 0.15) is 69.0 Å². The third kappa shape index (κ3) is 4.12. The van der Waals surface area contributed by atoms with Crippen molar-refractivity contribution in [2.24, 2.45) is 0 Å². The van der Waals surface area contributed by atoms with Gasteiger partial charge in [-0.3, -0.25) is 15.0 Å². The molecule has 10 nitrogen and oxygen atoms in total. The second kappa shape index (κ2) is 8.10. The highest BCUT2D eigenvalue weighted by molar-refractivity contribution is 6.08. The van der Waals surface area contributed by atoms with Crippen LogP contribution in [0.15, 0.2) is 4.52 Å². The van der Waals surface area contributed by atoms with Gasteiger partial charge in [0, 0.05) is 19.5 Å². The molecule has 0 radical (unpaired) electrons. The largest absolute Gasteiger partial charge is 0.344 e. The van der Waals surface area contributed by atoms with Crippen molar-refractivity contribution in [3.63, 3.8) is 0 Å². The molecule has 1 aromatic heterocycles. The molecule has 2 saturated heterocycles. The van der Waals surface area contributed by atoms with Gasteiger partial charge in [-0.15, -0.1) is 0 Å². The normalized spacial score (nSPS) is 24.7. The van der Waals surface area contributed by atoms with Crippen molar-refractivity contribution in [3.8, 4) is 0 Å². The van der Waals surface area contributed by atoms with Gasteiger partial charge in [-0.05, 0) is 39.2 Å². The molecule has 0 bridgehead atoms. The van der Waals surface area contributed by atoms with Crippen molar-refractivity contribution < 1.29 is 18.9 Å². The Kier molecular flexibility index (Phi) is 5.53. The third-order valence-corrected chi connectivity index (χ3v) is 6.16. The Bertz CT molecular complexity index is 787. The number of carbonyl (C=O) groups is 3. The quantitative estimate of drug-likeness (QED) is 0.708. The van der Waals surface area contributed by atoms with Crippen molar-refractivity contribution in [1.82, 2.24) is 30.8 Å². The van der Waals surface area contributed by atoms with E-state index in [0.717, 1.165) is 50.2 Å². The molecule has 158 valence electrons. The van der Waals surface area contributed by atoms with Crippen molar-refractivity contribution in [2.75, 3.05) is 19.6 Å². The molecule has 3 aliphatic rings. The molecule has 3 heterocycles. The van der Waals surface area contributed by atoms with E-state index in [1.807, 2.05) is 0 Å². The molecular formula is C19H28N6O4. The number of aryl methyl sites for hydroxylation is 1. The first kappa shape index (κ1) is 19.8. The molecule has 1 saturated carbocycles. The number of imide groups is 1. The SMILES string of the molecule is Cc1noc(C2CCCN(CCC(=O)NN3C(=O)NC4(CCCCC4)C3=O)C2)n1. The Labute approximate surface area is 169 Å². The first-order chi connectivity index (χ1) is 14.0. The van der Waals surface area contributed by atoms with E-state index in [2.05, 4.69) is 25.8 Å². The molecule has 1 spiro atoms. The van der Waals surface area contributed by atoms with E-state index < -0.39 is 11.6 Å². The summed E-state index contributed by atoms with van der Waals surface area (Å²) in [5, 5.41) is 7.52. The Hall–Kier alpha value is -2.49. The number of piperidine rings is 1. The van der Waals surface area contributed by atoms with E-state index in [9.17, 15) is 14.4 Å². The molecule has 3 fully saturated rings. The van der Waals surface area contributed by atoms with Gasteiger partial charge in [-0.2, -0.15) is 9.99 Å². The lowest BCUT2D eigenvalue weighted by atomic mass is 9.82. The predicted molar refractivity (Wildman–Crippen MR) is 101 cm³/mol. The number of amides is 4. The van der Waals surface area contributed by atoms with Gasteiger partial charge in [-0.25, -0.2) is 4.79 Å². The van der Waals surface area contributed by atoms with Gasteiger partial charge in [0.2, 0.25) is 11.8 Å². The minimum Gasteiger partial charge on any atom is -0.339 e. The van der Waals surface area contributed by atoms with Gasteiger partial charge < -0.3 is 14.7 Å². The van der Waals surface area contributed by atoms with E-state index >= 15 is 0 Å². The lowest BCUT2D eigenvalue weighted by Gasteiger charge is -2.31. The van der Waals surface area contributed by atoms with Gasteiger partial charge in [0.15, 0.2) is 5.82 Å².